The Hall–Kier alpha value is -2.76. The maximum absolute atomic E-state index is 4.55. The van der Waals surface area contributed by atoms with Crippen molar-refractivity contribution in [2.45, 2.75) is 25.4 Å². The summed E-state index contributed by atoms with van der Waals surface area (Å²) in [7, 11) is 0. The second-order valence-electron chi connectivity index (χ2n) is 5.37. The molecule has 110 valence electrons. The molecule has 1 aliphatic rings. The van der Waals surface area contributed by atoms with Gasteiger partial charge in [0.05, 0.1) is 6.54 Å². The Balaban J connectivity index is 1.50. The van der Waals surface area contributed by atoms with Crippen LogP contribution in [0.4, 0.5) is 5.82 Å². The lowest BCUT2D eigenvalue weighted by molar-refractivity contribution is 0.689. The third-order valence-corrected chi connectivity index (χ3v) is 3.70. The predicted molar refractivity (Wildman–Crippen MR) is 83.1 cm³/mol. The molecule has 2 aromatic heterocycles. The van der Waals surface area contributed by atoms with Gasteiger partial charge in [-0.2, -0.15) is 0 Å². The maximum Gasteiger partial charge on any atom is 0.161 e. The van der Waals surface area contributed by atoms with E-state index in [1.54, 1.807) is 6.20 Å². The Kier molecular flexibility index (Phi) is 3.27. The monoisotopic (exact) mass is 292 g/mol. The van der Waals surface area contributed by atoms with Gasteiger partial charge in [0.2, 0.25) is 0 Å². The first kappa shape index (κ1) is 12.9. The SMILES string of the molecule is c1ccc(-c2nccc(NCc3nncn3C3CC3)n2)cc1. The number of nitrogens with zero attached hydrogens (tertiary/aromatic N) is 5. The molecule has 1 aromatic carbocycles. The molecule has 22 heavy (non-hydrogen) atoms. The summed E-state index contributed by atoms with van der Waals surface area (Å²) in [5, 5.41) is 11.5. The minimum Gasteiger partial charge on any atom is -0.363 e. The van der Waals surface area contributed by atoms with Crippen molar-refractivity contribution in [3.8, 4) is 11.4 Å². The highest BCUT2D eigenvalue weighted by molar-refractivity contribution is 5.56. The molecule has 0 saturated heterocycles. The Morgan fingerprint density at radius 1 is 1.14 bits per heavy atom. The molecule has 1 fully saturated rings. The zero-order valence-corrected chi connectivity index (χ0v) is 12.1. The molecule has 2 heterocycles. The molecule has 3 aromatic rings. The average Bonchev–Trinajstić information content (AvgIpc) is 3.32. The van der Waals surface area contributed by atoms with E-state index in [1.165, 1.54) is 12.8 Å². The number of hydrogen-bond donors (Lipinski definition) is 1. The van der Waals surface area contributed by atoms with Crippen LogP contribution in [0, 0.1) is 0 Å². The van der Waals surface area contributed by atoms with E-state index in [9.17, 15) is 0 Å². The summed E-state index contributed by atoms with van der Waals surface area (Å²) < 4.78 is 2.15. The number of hydrogen-bond acceptors (Lipinski definition) is 5. The third kappa shape index (κ3) is 2.67. The Morgan fingerprint density at radius 3 is 2.82 bits per heavy atom. The average molecular weight is 292 g/mol. The van der Waals surface area contributed by atoms with Gasteiger partial charge in [0, 0.05) is 17.8 Å². The molecule has 1 saturated carbocycles. The quantitative estimate of drug-likeness (QED) is 0.783. The summed E-state index contributed by atoms with van der Waals surface area (Å²) in [6.07, 6.45) is 6.01. The van der Waals surface area contributed by atoms with Crippen molar-refractivity contribution >= 4 is 5.82 Å². The normalized spacial score (nSPS) is 14.0. The van der Waals surface area contributed by atoms with Gasteiger partial charge in [-0.15, -0.1) is 10.2 Å². The standard InChI is InChI=1S/C16H16N6/c1-2-4-12(5-3-1)16-17-9-8-14(20-16)18-10-15-21-19-11-22(15)13-6-7-13/h1-5,8-9,11,13H,6-7,10H2,(H,17,18,20). The largest absolute Gasteiger partial charge is 0.363 e. The molecule has 1 N–H and O–H groups in total. The van der Waals surface area contributed by atoms with E-state index in [0.29, 0.717) is 18.4 Å². The predicted octanol–water partition coefficient (Wildman–Crippen LogP) is 2.68. The van der Waals surface area contributed by atoms with Crippen molar-refractivity contribution in [2.24, 2.45) is 0 Å². The number of anilines is 1. The van der Waals surface area contributed by atoms with Crippen LogP contribution < -0.4 is 5.32 Å². The second-order valence-corrected chi connectivity index (χ2v) is 5.37. The molecule has 0 amide bonds. The van der Waals surface area contributed by atoms with E-state index < -0.39 is 0 Å². The van der Waals surface area contributed by atoms with Gasteiger partial charge in [0.1, 0.15) is 12.1 Å². The van der Waals surface area contributed by atoms with Crippen molar-refractivity contribution in [1.29, 1.82) is 0 Å². The summed E-state index contributed by atoms with van der Waals surface area (Å²) in [6.45, 7) is 0.613. The molecular weight excluding hydrogens is 276 g/mol. The molecule has 0 radical (unpaired) electrons. The first-order valence-corrected chi connectivity index (χ1v) is 7.41. The highest BCUT2D eigenvalue weighted by Crippen LogP contribution is 2.35. The Labute approximate surface area is 128 Å². The van der Waals surface area contributed by atoms with Crippen LogP contribution in [-0.2, 0) is 6.54 Å². The van der Waals surface area contributed by atoms with Gasteiger partial charge in [-0.1, -0.05) is 30.3 Å². The van der Waals surface area contributed by atoms with E-state index in [1.807, 2.05) is 42.7 Å². The summed E-state index contributed by atoms with van der Waals surface area (Å²) in [5.41, 5.74) is 1.01. The zero-order chi connectivity index (χ0) is 14.8. The molecular formula is C16H16N6. The number of benzene rings is 1. The van der Waals surface area contributed by atoms with Gasteiger partial charge in [-0.25, -0.2) is 9.97 Å². The number of rotatable bonds is 5. The Bertz CT molecular complexity index is 763. The van der Waals surface area contributed by atoms with Crippen molar-refractivity contribution in [3.63, 3.8) is 0 Å². The molecule has 1 aliphatic carbocycles. The fourth-order valence-electron chi connectivity index (χ4n) is 2.40. The molecule has 0 spiro atoms. The summed E-state index contributed by atoms with van der Waals surface area (Å²) in [4.78, 5) is 8.88. The van der Waals surface area contributed by atoms with Crippen molar-refractivity contribution < 1.29 is 0 Å². The van der Waals surface area contributed by atoms with E-state index in [0.717, 1.165) is 17.2 Å². The zero-order valence-electron chi connectivity index (χ0n) is 12.1. The highest BCUT2D eigenvalue weighted by atomic mass is 15.3. The maximum atomic E-state index is 4.55. The lowest BCUT2D eigenvalue weighted by Gasteiger charge is -2.08. The van der Waals surface area contributed by atoms with Crippen LogP contribution in [0.25, 0.3) is 11.4 Å². The number of nitrogens with one attached hydrogen (secondary N) is 1. The van der Waals surface area contributed by atoms with Gasteiger partial charge in [0.25, 0.3) is 0 Å². The topological polar surface area (TPSA) is 68.5 Å². The highest BCUT2D eigenvalue weighted by Gasteiger charge is 2.25. The van der Waals surface area contributed by atoms with Crippen LogP contribution in [0.3, 0.4) is 0 Å². The van der Waals surface area contributed by atoms with Crippen molar-refractivity contribution in [1.82, 2.24) is 24.7 Å². The molecule has 4 rings (SSSR count). The van der Waals surface area contributed by atoms with Crippen molar-refractivity contribution in [2.75, 3.05) is 5.32 Å². The van der Waals surface area contributed by atoms with E-state index in [-0.39, 0.29) is 0 Å². The van der Waals surface area contributed by atoms with Gasteiger partial charge in [-0.3, -0.25) is 0 Å². The number of aromatic nitrogens is 5. The second kappa shape index (κ2) is 5.55. The van der Waals surface area contributed by atoms with Gasteiger partial charge < -0.3 is 9.88 Å². The first-order valence-electron chi connectivity index (χ1n) is 7.41. The smallest absolute Gasteiger partial charge is 0.161 e. The molecule has 0 unspecified atom stereocenters. The van der Waals surface area contributed by atoms with E-state index in [4.69, 9.17) is 0 Å². The third-order valence-electron chi connectivity index (χ3n) is 3.70. The molecule has 0 bridgehead atoms. The van der Waals surface area contributed by atoms with Crippen LogP contribution in [-0.4, -0.2) is 24.7 Å². The first-order chi connectivity index (χ1) is 10.9. The van der Waals surface area contributed by atoms with Crippen molar-refractivity contribution in [3.05, 3.63) is 54.7 Å². The van der Waals surface area contributed by atoms with Crippen LogP contribution in [0.15, 0.2) is 48.9 Å². The minimum absolute atomic E-state index is 0.581. The van der Waals surface area contributed by atoms with E-state index >= 15 is 0 Å². The van der Waals surface area contributed by atoms with Crippen LogP contribution in [0.1, 0.15) is 24.7 Å². The molecule has 6 nitrogen and oxygen atoms in total. The minimum atomic E-state index is 0.581. The lowest BCUT2D eigenvalue weighted by atomic mass is 10.2. The van der Waals surface area contributed by atoms with Crippen LogP contribution >= 0.6 is 0 Å². The Morgan fingerprint density at radius 2 is 2.00 bits per heavy atom. The van der Waals surface area contributed by atoms with Gasteiger partial charge >= 0.3 is 0 Å². The fraction of sp³-hybridized carbons (Fsp3) is 0.250. The summed E-state index contributed by atoms with van der Waals surface area (Å²) >= 11 is 0. The fourth-order valence-corrected chi connectivity index (χ4v) is 2.40. The summed E-state index contributed by atoms with van der Waals surface area (Å²) in [6, 6.07) is 12.4. The lowest BCUT2D eigenvalue weighted by Crippen LogP contribution is -2.08. The molecule has 6 heteroatoms. The van der Waals surface area contributed by atoms with Crippen LogP contribution in [0.5, 0.6) is 0 Å². The van der Waals surface area contributed by atoms with Gasteiger partial charge in [-0.05, 0) is 18.9 Å². The molecule has 0 aliphatic heterocycles. The molecule has 0 atom stereocenters. The summed E-state index contributed by atoms with van der Waals surface area (Å²) in [5.74, 6) is 2.45. The van der Waals surface area contributed by atoms with Gasteiger partial charge in [0.15, 0.2) is 11.6 Å². The van der Waals surface area contributed by atoms with E-state index in [2.05, 4.69) is 30.0 Å². The van der Waals surface area contributed by atoms with Crippen LogP contribution in [0.2, 0.25) is 0 Å².